The van der Waals surface area contributed by atoms with Crippen LogP contribution in [-0.2, 0) is 4.79 Å². The van der Waals surface area contributed by atoms with Crippen LogP contribution in [0.2, 0.25) is 19.6 Å². The molecule has 0 saturated heterocycles. The predicted octanol–water partition coefficient (Wildman–Crippen LogP) is 2.01. The molecule has 0 rings (SSSR count). The van der Waals surface area contributed by atoms with E-state index >= 15 is 0 Å². The molecule has 0 aliphatic rings. The first-order valence-corrected chi connectivity index (χ1v) is 6.64. The summed E-state index contributed by atoms with van der Waals surface area (Å²) in [7, 11) is -1.29. The van der Waals surface area contributed by atoms with E-state index in [0.717, 1.165) is 11.5 Å². The van der Waals surface area contributed by atoms with E-state index in [9.17, 15) is 4.79 Å². The molecule has 1 nitrogen and oxygen atoms in total. The van der Waals surface area contributed by atoms with Gasteiger partial charge in [0, 0.05) is 0 Å². The fourth-order valence-electron chi connectivity index (χ4n) is 0.678. The van der Waals surface area contributed by atoms with Crippen molar-refractivity contribution < 1.29 is 4.79 Å². The Balaban J connectivity index is 4.32. The average Bonchev–Trinajstić information content (AvgIpc) is 1.65. The van der Waals surface area contributed by atoms with Crippen LogP contribution in [0.1, 0.15) is 6.92 Å². The smallest absolute Gasteiger partial charge is 0.141 e. The van der Waals surface area contributed by atoms with Gasteiger partial charge in [-0.3, -0.25) is 4.79 Å². The lowest BCUT2D eigenvalue weighted by atomic mass is 10.6. The Morgan fingerprint density at radius 2 is 1.78 bits per heavy atom. The SMILES string of the molecule is CC=C(C=O)[Si](C)(C)C. The zero-order valence-corrected chi connectivity index (χ0v) is 7.56. The van der Waals surface area contributed by atoms with E-state index in [2.05, 4.69) is 19.6 Å². The van der Waals surface area contributed by atoms with Gasteiger partial charge in [-0.2, -0.15) is 0 Å². The molecule has 0 aliphatic heterocycles. The van der Waals surface area contributed by atoms with Crippen molar-refractivity contribution in [3.8, 4) is 0 Å². The molecule has 0 atom stereocenters. The zero-order chi connectivity index (χ0) is 7.49. The van der Waals surface area contributed by atoms with Gasteiger partial charge in [-0.15, -0.1) is 0 Å². The molecule has 0 radical (unpaired) electrons. The van der Waals surface area contributed by atoms with E-state index < -0.39 is 8.07 Å². The van der Waals surface area contributed by atoms with Gasteiger partial charge in [-0.25, -0.2) is 0 Å². The van der Waals surface area contributed by atoms with Crippen LogP contribution in [0.15, 0.2) is 11.3 Å². The van der Waals surface area contributed by atoms with Gasteiger partial charge in [0.05, 0.1) is 8.07 Å². The molecule has 0 saturated carbocycles. The number of allylic oxidation sites excluding steroid dienone is 2. The Labute approximate surface area is 57.8 Å². The molecule has 0 bridgehead atoms. The molecule has 2 heteroatoms. The third kappa shape index (κ3) is 2.61. The fourth-order valence-corrected chi connectivity index (χ4v) is 1.90. The van der Waals surface area contributed by atoms with Gasteiger partial charge in [0.25, 0.3) is 0 Å². The van der Waals surface area contributed by atoms with Crippen molar-refractivity contribution in [3.05, 3.63) is 11.3 Å². The Kier molecular flexibility index (Phi) is 2.84. The maximum atomic E-state index is 10.3. The molecule has 0 aromatic carbocycles. The number of aldehydes is 1. The topological polar surface area (TPSA) is 17.1 Å². The van der Waals surface area contributed by atoms with Crippen molar-refractivity contribution in [1.82, 2.24) is 0 Å². The van der Waals surface area contributed by atoms with Crippen LogP contribution in [0.5, 0.6) is 0 Å². The van der Waals surface area contributed by atoms with Gasteiger partial charge in [-0.1, -0.05) is 25.7 Å². The molecule has 9 heavy (non-hydrogen) atoms. The molecule has 0 spiro atoms. The van der Waals surface area contributed by atoms with Gasteiger partial charge < -0.3 is 0 Å². The Morgan fingerprint density at radius 3 is 1.78 bits per heavy atom. The molecular weight excluding hydrogens is 128 g/mol. The summed E-state index contributed by atoms with van der Waals surface area (Å²) < 4.78 is 0. The van der Waals surface area contributed by atoms with E-state index in [1.54, 1.807) is 0 Å². The number of hydrogen-bond donors (Lipinski definition) is 0. The normalized spacial score (nSPS) is 13.6. The average molecular weight is 142 g/mol. The second-order valence-corrected chi connectivity index (χ2v) is 8.19. The first kappa shape index (κ1) is 8.63. The summed E-state index contributed by atoms with van der Waals surface area (Å²) in [6, 6.07) is 0. The lowest BCUT2D eigenvalue weighted by Gasteiger charge is -2.14. The summed E-state index contributed by atoms with van der Waals surface area (Å²) in [4.78, 5) is 10.3. The van der Waals surface area contributed by atoms with Crippen molar-refractivity contribution in [1.29, 1.82) is 0 Å². The fraction of sp³-hybridized carbons (Fsp3) is 0.571. The standard InChI is InChI=1S/C7H14OSi/c1-5-7(6-8)9(2,3)4/h5-6H,1-4H3. The summed E-state index contributed by atoms with van der Waals surface area (Å²) in [5.41, 5.74) is 0. The predicted molar refractivity (Wildman–Crippen MR) is 43.2 cm³/mol. The summed E-state index contributed by atoms with van der Waals surface area (Å²) in [6.45, 7) is 8.41. The minimum Gasteiger partial charge on any atom is -0.299 e. The summed E-state index contributed by atoms with van der Waals surface area (Å²) in [5.74, 6) is 0. The summed E-state index contributed by atoms with van der Waals surface area (Å²) in [5, 5.41) is 1.00. The minimum atomic E-state index is -1.29. The van der Waals surface area contributed by atoms with Crippen LogP contribution in [0, 0.1) is 0 Å². The molecule has 0 unspecified atom stereocenters. The molecule has 0 aliphatic carbocycles. The highest BCUT2D eigenvalue weighted by atomic mass is 28.3. The first-order chi connectivity index (χ1) is 4.02. The zero-order valence-electron chi connectivity index (χ0n) is 6.56. The number of rotatable bonds is 2. The van der Waals surface area contributed by atoms with Crippen LogP contribution in [0.25, 0.3) is 0 Å². The largest absolute Gasteiger partial charge is 0.299 e. The van der Waals surface area contributed by atoms with E-state index in [-0.39, 0.29) is 0 Å². The van der Waals surface area contributed by atoms with Crippen molar-refractivity contribution in [3.63, 3.8) is 0 Å². The van der Waals surface area contributed by atoms with Gasteiger partial charge in [0.2, 0.25) is 0 Å². The maximum absolute atomic E-state index is 10.3. The Bertz CT molecular complexity index is 130. The van der Waals surface area contributed by atoms with Crippen LogP contribution < -0.4 is 0 Å². The van der Waals surface area contributed by atoms with Crippen molar-refractivity contribution in [2.24, 2.45) is 0 Å². The quantitative estimate of drug-likeness (QED) is 0.327. The molecule has 0 aromatic rings. The minimum absolute atomic E-state index is 0.978. The van der Waals surface area contributed by atoms with Gasteiger partial charge in [-0.05, 0) is 12.1 Å². The lowest BCUT2D eigenvalue weighted by Crippen LogP contribution is -2.24. The number of carbonyl (C=O) groups is 1. The second-order valence-electron chi connectivity index (χ2n) is 3.11. The number of hydrogen-bond acceptors (Lipinski definition) is 1. The van der Waals surface area contributed by atoms with Crippen LogP contribution in [-0.4, -0.2) is 14.4 Å². The van der Waals surface area contributed by atoms with Gasteiger partial charge in [0.1, 0.15) is 6.29 Å². The second kappa shape index (κ2) is 2.97. The van der Waals surface area contributed by atoms with Crippen molar-refractivity contribution in [2.75, 3.05) is 0 Å². The van der Waals surface area contributed by atoms with Crippen molar-refractivity contribution >= 4 is 14.4 Å². The highest BCUT2D eigenvalue weighted by Crippen LogP contribution is 2.10. The Hall–Kier alpha value is -0.373. The van der Waals surface area contributed by atoms with Gasteiger partial charge in [0.15, 0.2) is 0 Å². The van der Waals surface area contributed by atoms with Crippen LogP contribution in [0.3, 0.4) is 0 Å². The van der Waals surface area contributed by atoms with E-state index in [1.807, 2.05) is 13.0 Å². The molecule has 0 N–H and O–H groups in total. The highest BCUT2D eigenvalue weighted by molar-refractivity contribution is 6.86. The highest BCUT2D eigenvalue weighted by Gasteiger charge is 2.17. The molecule has 0 aromatic heterocycles. The van der Waals surface area contributed by atoms with Crippen LogP contribution in [0.4, 0.5) is 0 Å². The van der Waals surface area contributed by atoms with E-state index in [4.69, 9.17) is 0 Å². The first-order valence-electron chi connectivity index (χ1n) is 3.14. The van der Waals surface area contributed by atoms with Crippen molar-refractivity contribution in [2.45, 2.75) is 26.6 Å². The monoisotopic (exact) mass is 142 g/mol. The summed E-state index contributed by atoms with van der Waals surface area (Å²) >= 11 is 0. The Morgan fingerprint density at radius 1 is 1.33 bits per heavy atom. The lowest BCUT2D eigenvalue weighted by molar-refractivity contribution is -0.104. The molecule has 0 heterocycles. The maximum Gasteiger partial charge on any atom is 0.141 e. The molecule has 0 fully saturated rings. The van der Waals surface area contributed by atoms with E-state index in [1.165, 1.54) is 0 Å². The molecule has 0 amide bonds. The summed E-state index contributed by atoms with van der Waals surface area (Å²) in [6.07, 6.45) is 2.89. The third-order valence-electron chi connectivity index (χ3n) is 1.30. The van der Waals surface area contributed by atoms with Gasteiger partial charge >= 0.3 is 0 Å². The third-order valence-corrected chi connectivity index (χ3v) is 3.44. The molecular formula is C7H14OSi. The molecule has 52 valence electrons. The number of carbonyl (C=O) groups excluding carboxylic acids is 1. The van der Waals surface area contributed by atoms with Crippen LogP contribution >= 0.6 is 0 Å². The van der Waals surface area contributed by atoms with E-state index in [0.29, 0.717) is 0 Å².